The molecule has 0 aliphatic heterocycles. The Morgan fingerprint density at radius 1 is 1.26 bits per heavy atom. The molecule has 19 heavy (non-hydrogen) atoms. The van der Waals surface area contributed by atoms with E-state index in [1.807, 2.05) is 24.3 Å². The zero-order valence-corrected chi connectivity index (χ0v) is 13.4. The molecule has 0 spiro atoms. The number of carboxylic acids is 1. The number of hydrogen-bond acceptors (Lipinski definition) is 2. The molecule has 1 aromatic carbocycles. The van der Waals surface area contributed by atoms with Crippen molar-refractivity contribution in [1.29, 1.82) is 5.26 Å². The lowest BCUT2D eigenvalue weighted by Crippen LogP contribution is -1.93. The molecule has 1 rings (SSSR count). The summed E-state index contributed by atoms with van der Waals surface area (Å²) in [5.41, 5.74) is 0.748. The van der Waals surface area contributed by atoms with Crippen molar-refractivity contribution in [2.24, 2.45) is 0 Å². The summed E-state index contributed by atoms with van der Waals surface area (Å²) < 4.78 is 1.01. The molecular formula is C15H20INO2. The van der Waals surface area contributed by atoms with Crippen LogP contribution in [0.1, 0.15) is 51.0 Å². The maximum Gasteiger partial charge on any atom is 0.303 e. The van der Waals surface area contributed by atoms with Crippen LogP contribution in [-0.4, -0.2) is 11.1 Å². The van der Waals surface area contributed by atoms with Crippen LogP contribution in [0.2, 0.25) is 0 Å². The molecule has 104 valence electrons. The number of carboxylic acid groups (broad SMARTS) is 1. The number of nitrogens with zero attached hydrogens (tertiary/aromatic N) is 1. The second kappa shape index (κ2) is 12.0. The Balaban J connectivity index is 0.000000342. The van der Waals surface area contributed by atoms with Crippen molar-refractivity contribution < 1.29 is 9.90 Å². The van der Waals surface area contributed by atoms with Gasteiger partial charge >= 0.3 is 5.97 Å². The second-order valence-corrected chi connectivity index (χ2v) is 5.31. The van der Waals surface area contributed by atoms with Crippen LogP contribution in [0.25, 0.3) is 0 Å². The van der Waals surface area contributed by atoms with E-state index in [0.717, 1.165) is 22.0 Å². The molecule has 0 atom stereocenters. The first-order chi connectivity index (χ1) is 9.11. The molecule has 0 bridgehead atoms. The van der Waals surface area contributed by atoms with Crippen molar-refractivity contribution in [3.8, 4) is 6.07 Å². The average molecular weight is 373 g/mol. The fraction of sp³-hybridized carbons (Fsp3) is 0.467. The summed E-state index contributed by atoms with van der Waals surface area (Å²) in [6.07, 6.45) is 5.88. The van der Waals surface area contributed by atoms with Crippen LogP contribution < -0.4 is 0 Å². The van der Waals surface area contributed by atoms with E-state index in [4.69, 9.17) is 10.4 Å². The number of benzene rings is 1. The second-order valence-electron chi connectivity index (χ2n) is 4.15. The smallest absolute Gasteiger partial charge is 0.303 e. The van der Waals surface area contributed by atoms with E-state index in [-0.39, 0.29) is 0 Å². The highest BCUT2D eigenvalue weighted by Gasteiger charge is 1.94. The quantitative estimate of drug-likeness (QED) is 0.586. The van der Waals surface area contributed by atoms with Crippen LogP contribution in [0.5, 0.6) is 0 Å². The maximum absolute atomic E-state index is 10.0. The molecule has 0 unspecified atom stereocenters. The molecule has 0 saturated carbocycles. The summed E-state index contributed by atoms with van der Waals surface area (Å²) >= 11 is 2.14. The molecule has 0 aliphatic carbocycles. The van der Waals surface area contributed by atoms with E-state index in [1.54, 1.807) is 0 Å². The number of halogens is 1. The van der Waals surface area contributed by atoms with Gasteiger partial charge in [-0.3, -0.25) is 4.79 Å². The Morgan fingerprint density at radius 3 is 2.37 bits per heavy atom. The molecule has 4 heteroatoms. The van der Waals surface area contributed by atoms with Gasteiger partial charge in [-0.15, -0.1) is 0 Å². The third-order valence-corrected chi connectivity index (χ3v) is 3.43. The first-order valence-corrected chi connectivity index (χ1v) is 7.56. The summed E-state index contributed by atoms with van der Waals surface area (Å²) in [5, 5.41) is 16.7. The SMILES string of the molecule is CCCCCCCC(=O)O.N#Cc1ccccc1I. The van der Waals surface area contributed by atoms with Gasteiger partial charge in [-0.1, -0.05) is 44.7 Å². The topological polar surface area (TPSA) is 61.1 Å². The lowest BCUT2D eigenvalue weighted by Gasteiger charge is -1.95. The molecule has 0 amide bonds. The zero-order valence-electron chi connectivity index (χ0n) is 11.2. The van der Waals surface area contributed by atoms with Gasteiger partial charge < -0.3 is 5.11 Å². The molecule has 3 nitrogen and oxygen atoms in total. The van der Waals surface area contributed by atoms with Crippen LogP contribution in [-0.2, 0) is 4.79 Å². The van der Waals surface area contributed by atoms with E-state index in [0.29, 0.717) is 6.42 Å². The third kappa shape index (κ3) is 10.5. The van der Waals surface area contributed by atoms with Gasteiger partial charge in [0, 0.05) is 9.99 Å². The molecule has 0 fully saturated rings. The van der Waals surface area contributed by atoms with Crippen molar-refractivity contribution in [2.45, 2.75) is 45.4 Å². The van der Waals surface area contributed by atoms with Crippen LogP contribution in [0.15, 0.2) is 24.3 Å². The fourth-order valence-electron chi connectivity index (χ4n) is 1.43. The minimum Gasteiger partial charge on any atom is -0.481 e. The molecule has 0 heterocycles. The lowest BCUT2D eigenvalue weighted by molar-refractivity contribution is -0.137. The maximum atomic E-state index is 10.0. The van der Waals surface area contributed by atoms with Gasteiger partial charge in [-0.05, 0) is 41.1 Å². The number of unbranched alkanes of at least 4 members (excludes halogenated alkanes) is 4. The minimum absolute atomic E-state index is 0.337. The highest BCUT2D eigenvalue weighted by Crippen LogP contribution is 2.08. The fourth-order valence-corrected chi connectivity index (χ4v) is 1.94. The zero-order chi connectivity index (χ0) is 14.5. The number of nitriles is 1. The summed E-state index contributed by atoms with van der Waals surface area (Å²) in [4.78, 5) is 10.0. The summed E-state index contributed by atoms with van der Waals surface area (Å²) in [5.74, 6) is -0.670. The van der Waals surface area contributed by atoms with Gasteiger partial charge in [-0.25, -0.2) is 0 Å². The monoisotopic (exact) mass is 373 g/mol. The first kappa shape index (κ1) is 17.9. The van der Waals surface area contributed by atoms with Gasteiger partial charge in [0.25, 0.3) is 0 Å². The minimum atomic E-state index is -0.670. The average Bonchev–Trinajstić information content (AvgIpc) is 2.39. The van der Waals surface area contributed by atoms with Crippen molar-refractivity contribution in [1.82, 2.24) is 0 Å². The van der Waals surface area contributed by atoms with E-state index in [2.05, 4.69) is 35.6 Å². The molecule has 0 radical (unpaired) electrons. The summed E-state index contributed by atoms with van der Waals surface area (Å²) in [7, 11) is 0. The molecular weight excluding hydrogens is 353 g/mol. The standard InChI is InChI=1S/C8H16O2.C7H4IN/c1-2-3-4-5-6-7-8(9)10;8-7-4-2-1-3-6(7)5-9/h2-7H2,1H3,(H,9,10);1-4H. The van der Waals surface area contributed by atoms with Crippen LogP contribution in [0, 0.1) is 14.9 Å². The Morgan fingerprint density at radius 2 is 1.89 bits per heavy atom. The predicted octanol–water partition coefficient (Wildman–Crippen LogP) is 4.59. The Bertz CT molecular complexity index is 413. The lowest BCUT2D eigenvalue weighted by atomic mass is 10.1. The van der Waals surface area contributed by atoms with Crippen molar-refractivity contribution in [2.75, 3.05) is 0 Å². The van der Waals surface area contributed by atoms with Gasteiger partial charge in [0.2, 0.25) is 0 Å². The molecule has 0 aliphatic rings. The highest BCUT2D eigenvalue weighted by molar-refractivity contribution is 14.1. The van der Waals surface area contributed by atoms with Crippen LogP contribution in [0.4, 0.5) is 0 Å². The number of rotatable bonds is 6. The Kier molecular flexibility index (Phi) is 11.3. The van der Waals surface area contributed by atoms with Crippen LogP contribution >= 0.6 is 22.6 Å². The highest BCUT2D eigenvalue weighted by atomic mass is 127. The van der Waals surface area contributed by atoms with E-state index in [9.17, 15) is 4.79 Å². The number of carbonyl (C=O) groups is 1. The summed E-state index contributed by atoms with van der Waals surface area (Å²) in [6, 6.07) is 9.59. The molecule has 0 aromatic heterocycles. The van der Waals surface area contributed by atoms with E-state index < -0.39 is 5.97 Å². The van der Waals surface area contributed by atoms with Crippen LogP contribution in [0.3, 0.4) is 0 Å². The molecule has 1 N–H and O–H groups in total. The Hall–Kier alpha value is -1.09. The Labute approximate surface area is 128 Å². The van der Waals surface area contributed by atoms with Gasteiger partial charge in [0.05, 0.1) is 5.56 Å². The van der Waals surface area contributed by atoms with E-state index in [1.165, 1.54) is 19.3 Å². The first-order valence-electron chi connectivity index (χ1n) is 6.48. The molecule has 1 aromatic rings. The van der Waals surface area contributed by atoms with Gasteiger partial charge in [0.15, 0.2) is 0 Å². The van der Waals surface area contributed by atoms with E-state index >= 15 is 0 Å². The number of hydrogen-bond donors (Lipinski definition) is 1. The van der Waals surface area contributed by atoms with Gasteiger partial charge in [-0.2, -0.15) is 5.26 Å². The summed E-state index contributed by atoms with van der Waals surface area (Å²) in [6.45, 7) is 2.15. The molecule has 0 saturated heterocycles. The number of aliphatic carboxylic acids is 1. The predicted molar refractivity (Wildman–Crippen MR) is 84.9 cm³/mol. The van der Waals surface area contributed by atoms with Crippen molar-refractivity contribution >= 4 is 28.6 Å². The third-order valence-electron chi connectivity index (χ3n) is 2.49. The van der Waals surface area contributed by atoms with Gasteiger partial charge in [0.1, 0.15) is 6.07 Å². The largest absolute Gasteiger partial charge is 0.481 e. The van der Waals surface area contributed by atoms with Crippen molar-refractivity contribution in [3.63, 3.8) is 0 Å². The normalized spacial score (nSPS) is 9.11. The van der Waals surface area contributed by atoms with Crippen molar-refractivity contribution in [3.05, 3.63) is 33.4 Å².